The van der Waals surface area contributed by atoms with Crippen LogP contribution in [0.25, 0.3) is 0 Å². The van der Waals surface area contributed by atoms with Gasteiger partial charge in [-0.05, 0) is 19.1 Å². The molecule has 0 saturated carbocycles. The van der Waals surface area contributed by atoms with E-state index in [9.17, 15) is 18.3 Å². The van der Waals surface area contributed by atoms with Crippen LogP contribution in [0.4, 0.5) is 0 Å². The van der Waals surface area contributed by atoms with Crippen LogP contribution in [0.2, 0.25) is 0 Å². The van der Waals surface area contributed by atoms with Crippen molar-refractivity contribution in [2.75, 3.05) is 6.54 Å². The molecule has 0 amide bonds. The van der Waals surface area contributed by atoms with Crippen molar-refractivity contribution in [1.29, 1.82) is 0 Å². The Labute approximate surface area is 112 Å². The minimum atomic E-state index is -3.66. The fourth-order valence-corrected chi connectivity index (χ4v) is 2.94. The molecule has 0 spiro atoms. The number of hydrogen-bond acceptors (Lipinski definition) is 4. The summed E-state index contributed by atoms with van der Waals surface area (Å²) in [5, 5.41) is 10.5. The van der Waals surface area contributed by atoms with E-state index in [1.807, 2.05) is 6.92 Å². The van der Waals surface area contributed by atoms with E-state index in [2.05, 4.69) is 0 Å². The second-order valence-electron chi connectivity index (χ2n) is 3.72. The molecule has 2 rings (SSSR count). The largest absolute Gasteiger partial charge is 1.00 e. The van der Waals surface area contributed by atoms with Crippen LogP contribution in [-0.4, -0.2) is 31.3 Å². The summed E-state index contributed by atoms with van der Waals surface area (Å²) in [5.41, 5.74) is 0.946. The third-order valence-electron chi connectivity index (χ3n) is 2.47. The van der Waals surface area contributed by atoms with Gasteiger partial charge >= 0.3 is 18.9 Å². The average Bonchev–Trinajstić information content (AvgIpc) is 2.98. The molecule has 1 aliphatic heterocycles. The topological polar surface area (TPSA) is 77.3 Å². The van der Waals surface area contributed by atoms with Gasteiger partial charge in [-0.25, -0.2) is 8.42 Å². The molecule has 0 radical (unpaired) electrons. The number of carbonyl (C=O) groups is 1. The summed E-state index contributed by atoms with van der Waals surface area (Å²) in [6.07, 6.45) is 0. The molecule has 2 atom stereocenters. The van der Waals surface area contributed by atoms with E-state index in [0.29, 0.717) is 0 Å². The van der Waals surface area contributed by atoms with Crippen molar-refractivity contribution < 1.29 is 37.2 Å². The number of carboxylic acids is 1. The standard InChI is InChI=1S/C10H11NO4S.Li/c1-7-2-4-8(5-3-7)16(14,15)11-6-9(11)10(12)13;/h2-5,9H,6H2,1H3,(H,12,13);/q;+1/p-1. The number of nitrogens with zero attached hydrogens (tertiary/aromatic N) is 1. The Morgan fingerprint density at radius 2 is 1.88 bits per heavy atom. The predicted molar refractivity (Wildman–Crippen MR) is 53.9 cm³/mol. The summed E-state index contributed by atoms with van der Waals surface area (Å²) in [6, 6.07) is 5.27. The van der Waals surface area contributed by atoms with Gasteiger partial charge in [0.05, 0.1) is 16.9 Å². The molecule has 1 aromatic rings. The SMILES string of the molecule is Cc1ccc(S(=O)(=O)N2CC2C(=O)[O-])cc1.[Li+]. The summed E-state index contributed by atoms with van der Waals surface area (Å²) in [6.45, 7) is 1.84. The van der Waals surface area contributed by atoms with Crippen molar-refractivity contribution in [3.63, 3.8) is 0 Å². The molecule has 1 aliphatic rings. The van der Waals surface area contributed by atoms with Gasteiger partial charge < -0.3 is 9.90 Å². The van der Waals surface area contributed by atoms with Gasteiger partial charge in [0.1, 0.15) is 0 Å². The predicted octanol–water partition coefficient (Wildman–Crippen LogP) is -3.88. The molecule has 2 unspecified atom stereocenters. The second kappa shape index (κ2) is 4.82. The quantitative estimate of drug-likeness (QED) is 0.404. The van der Waals surface area contributed by atoms with Crippen LogP contribution in [0.5, 0.6) is 0 Å². The summed E-state index contributed by atoms with van der Waals surface area (Å²) in [5.74, 6) is -1.35. The van der Waals surface area contributed by atoms with E-state index >= 15 is 0 Å². The Balaban J connectivity index is 0.00000144. The van der Waals surface area contributed by atoms with Crippen molar-refractivity contribution in [1.82, 2.24) is 4.31 Å². The zero-order chi connectivity index (χ0) is 11.9. The first-order valence-electron chi connectivity index (χ1n) is 4.72. The monoisotopic (exact) mass is 247 g/mol. The van der Waals surface area contributed by atoms with E-state index < -0.39 is 22.0 Å². The Morgan fingerprint density at radius 3 is 2.29 bits per heavy atom. The van der Waals surface area contributed by atoms with Crippen molar-refractivity contribution in [3.8, 4) is 0 Å². The maximum atomic E-state index is 11.9. The summed E-state index contributed by atoms with van der Waals surface area (Å²) < 4.78 is 24.6. The second-order valence-corrected chi connectivity index (χ2v) is 5.61. The fraction of sp³-hybridized carbons (Fsp3) is 0.300. The normalized spacial score (nSPS) is 22.6. The van der Waals surface area contributed by atoms with E-state index in [4.69, 9.17) is 0 Å². The molecule has 0 aliphatic carbocycles. The number of rotatable bonds is 3. The molecule has 1 fully saturated rings. The molecule has 0 aromatic heterocycles. The zero-order valence-electron chi connectivity index (χ0n) is 9.58. The number of hydrogen-bond donors (Lipinski definition) is 0. The van der Waals surface area contributed by atoms with Crippen molar-refractivity contribution >= 4 is 16.0 Å². The summed E-state index contributed by atoms with van der Waals surface area (Å²) in [4.78, 5) is 10.6. The van der Waals surface area contributed by atoms with Gasteiger partial charge in [-0.1, -0.05) is 17.7 Å². The van der Waals surface area contributed by atoms with Crippen molar-refractivity contribution in [2.45, 2.75) is 17.9 Å². The number of benzene rings is 1. The van der Waals surface area contributed by atoms with Gasteiger partial charge in [0.2, 0.25) is 10.0 Å². The third-order valence-corrected chi connectivity index (χ3v) is 4.36. The van der Waals surface area contributed by atoms with Gasteiger partial charge in [-0.15, -0.1) is 0 Å². The number of sulfonamides is 1. The van der Waals surface area contributed by atoms with Gasteiger partial charge in [-0.3, -0.25) is 0 Å². The molecule has 0 N–H and O–H groups in total. The van der Waals surface area contributed by atoms with E-state index in [1.165, 1.54) is 12.1 Å². The van der Waals surface area contributed by atoms with Crippen LogP contribution >= 0.6 is 0 Å². The Hall–Kier alpha value is -0.803. The number of aryl methyl sites for hydroxylation is 1. The first kappa shape index (κ1) is 14.3. The fourth-order valence-electron chi connectivity index (χ4n) is 1.43. The Bertz CT molecular complexity index is 526. The van der Waals surface area contributed by atoms with Crippen molar-refractivity contribution in [3.05, 3.63) is 29.8 Å². The minimum absolute atomic E-state index is 0. The van der Waals surface area contributed by atoms with Gasteiger partial charge in [0.15, 0.2) is 0 Å². The Kier molecular flexibility index (Phi) is 4.05. The third kappa shape index (κ3) is 2.72. The Morgan fingerprint density at radius 1 is 1.35 bits per heavy atom. The van der Waals surface area contributed by atoms with Crippen LogP contribution in [-0.2, 0) is 14.8 Å². The minimum Gasteiger partial charge on any atom is -0.548 e. The molecule has 1 heterocycles. The molecule has 17 heavy (non-hydrogen) atoms. The number of carboxylic acid groups (broad SMARTS) is 1. The maximum Gasteiger partial charge on any atom is 1.00 e. The van der Waals surface area contributed by atoms with Crippen LogP contribution in [0.1, 0.15) is 5.56 Å². The van der Waals surface area contributed by atoms with E-state index in [1.54, 1.807) is 12.1 Å². The van der Waals surface area contributed by atoms with Crippen molar-refractivity contribution in [2.24, 2.45) is 0 Å². The molecule has 1 saturated heterocycles. The zero-order valence-corrected chi connectivity index (χ0v) is 10.4. The smallest absolute Gasteiger partial charge is 0.548 e. The van der Waals surface area contributed by atoms with Gasteiger partial charge in [0.25, 0.3) is 0 Å². The molecule has 7 heteroatoms. The molecule has 1 aromatic carbocycles. The average molecular weight is 247 g/mol. The molecule has 5 nitrogen and oxygen atoms in total. The number of aliphatic carboxylic acids is 1. The number of carbonyl (C=O) groups excluding carboxylic acids is 1. The summed E-state index contributed by atoms with van der Waals surface area (Å²) in [7, 11) is -3.66. The van der Waals surface area contributed by atoms with E-state index in [-0.39, 0.29) is 30.3 Å². The first-order valence-corrected chi connectivity index (χ1v) is 6.16. The van der Waals surface area contributed by atoms with Crippen LogP contribution in [0.15, 0.2) is 29.2 Å². The molecule has 0 bridgehead atoms. The summed E-state index contributed by atoms with van der Waals surface area (Å²) >= 11 is 0. The van der Waals surface area contributed by atoms with Gasteiger partial charge in [0, 0.05) is 6.54 Å². The van der Waals surface area contributed by atoms with Crippen LogP contribution < -0.4 is 24.0 Å². The molecular formula is C10H10LiNO4S. The molecular weight excluding hydrogens is 237 g/mol. The van der Waals surface area contributed by atoms with Gasteiger partial charge in [-0.2, -0.15) is 4.31 Å². The van der Waals surface area contributed by atoms with Crippen LogP contribution in [0.3, 0.4) is 0 Å². The maximum absolute atomic E-state index is 11.9. The first-order chi connectivity index (χ1) is 7.43. The van der Waals surface area contributed by atoms with E-state index in [0.717, 1.165) is 9.87 Å². The molecule has 86 valence electrons. The van der Waals surface area contributed by atoms with Crippen LogP contribution in [0, 0.1) is 6.92 Å².